The highest BCUT2D eigenvalue weighted by Crippen LogP contribution is 2.15. The molecular weight excluding hydrogens is 228 g/mol. The fraction of sp³-hybridized carbons (Fsp3) is 0.308. The minimum atomic E-state index is -0.0489. The van der Waals surface area contributed by atoms with Crippen LogP contribution in [0.15, 0.2) is 29.2 Å². The normalized spacial score (nSPS) is 15.4. The van der Waals surface area contributed by atoms with Crippen LogP contribution >= 0.6 is 0 Å². The maximum Gasteiger partial charge on any atom is 0.255 e. The lowest BCUT2D eigenvalue weighted by Gasteiger charge is -2.23. The van der Waals surface area contributed by atoms with Gasteiger partial charge in [0.1, 0.15) is 5.69 Å². The maximum atomic E-state index is 12.1. The van der Waals surface area contributed by atoms with Gasteiger partial charge in [-0.05, 0) is 19.2 Å². The van der Waals surface area contributed by atoms with Gasteiger partial charge in [0.2, 0.25) is 0 Å². The zero-order valence-corrected chi connectivity index (χ0v) is 10.2. The van der Waals surface area contributed by atoms with E-state index in [1.807, 2.05) is 25.2 Å². The molecule has 1 aliphatic rings. The van der Waals surface area contributed by atoms with Crippen molar-refractivity contribution < 1.29 is 0 Å². The molecule has 3 rings (SSSR count). The van der Waals surface area contributed by atoms with Crippen LogP contribution in [-0.2, 0) is 13.0 Å². The predicted molar refractivity (Wildman–Crippen MR) is 68.1 cm³/mol. The van der Waals surface area contributed by atoms with Gasteiger partial charge in [0.05, 0.1) is 11.3 Å². The third-order valence-corrected chi connectivity index (χ3v) is 3.17. The van der Waals surface area contributed by atoms with Crippen molar-refractivity contribution in [2.75, 3.05) is 13.6 Å². The van der Waals surface area contributed by atoms with Crippen molar-refractivity contribution in [3.05, 3.63) is 46.0 Å². The van der Waals surface area contributed by atoms with E-state index in [9.17, 15) is 4.79 Å². The Bertz CT molecular complexity index is 621. The lowest BCUT2D eigenvalue weighted by Crippen LogP contribution is -2.33. The Morgan fingerprint density at radius 2 is 2.28 bits per heavy atom. The maximum absolute atomic E-state index is 12.1. The summed E-state index contributed by atoms with van der Waals surface area (Å²) in [5, 5.41) is 0. The molecule has 5 heteroatoms. The second kappa shape index (κ2) is 4.34. The highest BCUT2D eigenvalue weighted by Gasteiger charge is 2.19. The summed E-state index contributed by atoms with van der Waals surface area (Å²) in [5.74, 6) is 0.559. The fourth-order valence-electron chi connectivity index (χ4n) is 2.18. The summed E-state index contributed by atoms with van der Waals surface area (Å²) in [5.41, 5.74) is 2.34. The molecule has 3 heterocycles. The number of nitrogens with zero attached hydrogens (tertiary/aromatic N) is 3. The number of hydrogen-bond acceptors (Lipinski definition) is 4. The summed E-state index contributed by atoms with van der Waals surface area (Å²) in [4.78, 5) is 25.7. The summed E-state index contributed by atoms with van der Waals surface area (Å²) >= 11 is 0. The molecule has 5 nitrogen and oxygen atoms in total. The lowest BCUT2D eigenvalue weighted by molar-refractivity contribution is 0.307. The molecule has 18 heavy (non-hydrogen) atoms. The molecule has 0 unspecified atom stereocenters. The number of fused-ring (bicyclic) bond motifs is 1. The van der Waals surface area contributed by atoms with Gasteiger partial charge in [0, 0.05) is 25.7 Å². The van der Waals surface area contributed by atoms with Crippen molar-refractivity contribution >= 4 is 0 Å². The molecule has 2 aromatic rings. The van der Waals surface area contributed by atoms with Crippen molar-refractivity contribution in [2.24, 2.45) is 0 Å². The Hall–Kier alpha value is -2.01. The number of aromatic amines is 1. The number of H-pyrrole nitrogens is 1. The highest BCUT2D eigenvalue weighted by molar-refractivity contribution is 5.49. The molecule has 0 fully saturated rings. The summed E-state index contributed by atoms with van der Waals surface area (Å²) in [6, 6.07) is 5.57. The molecule has 0 atom stereocenters. The van der Waals surface area contributed by atoms with Gasteiger partial charge in [0.25, 0.3) is 5.56 Å². The minimum Gasteiger partial charge on any atom is -0.305 e. The zero-order valence-electron chi connectivity index (χ0n) is 10.2. The molecule has 0 spiro atoms. The molecule has 0 aliphatic carbocycles. The Balaban J connectivity index is 2.10. The average molecular weight is 242 g/mol. The second-order valence-electron chi connectivity index (χ2n) is 4.54. The molecule has 0 saturated carbocycles. The van der Waals surface area contributed by atoms with Gasteiger partial charge < -0.3 is 9.88 Å². The lowest BCUT2D eigenvalue weighted by atomic mass is 10.1. The van der Waals surface area contributed by atoms with E-state index in [0.29, 0.717) is 18.1 Å². The second-order valence-corrected chi connectivity index (χ2v) is 4.54. The van der Waals surface area contributed by atoms with Crippen molar-refractivity contribution in [1.82, 2.24) is 19.9 Å². The van der Waals surface area contributed by atoms with E-state index in [-0.39, 0.29) is 5.56 Å². The Morgan fingerprint density at radius 1 is 1.39 bits per heavy atom. The van der Waals surface area contributed by atoms with Crippen LogP contribution in [0.4, 0.5) is 0 Å². The van der Waals surface area contributed by atoms with E-state index >= 15 is 0 Å². The summed E-state index contributed by atoms with van der Waals surface area (Å²) in [7, 11) is 2.01. The van der Waals surface area contributed by atoms with Crippen molar-refractivity contribution in [3.63, 3.8) is 0 Å². The molecule has 0 bridgehead atoms. The number of rotatable bonds is 1. The molecular formula is C13H14N4O. The average Bonchev–Trinajstić information content (AvgIpc) is 2.40. The number of aromatic nitrogens is 3. The van der Waals surface area contributed by atoms with Gasteiger partial charge >= 0.3 is 0 Å². The Kier molecular flexibility index (Phi) is 2.68. The van der Waals surface area contributed by atoms with Gasteiger partial charge in [-0.1, -0.05) is 6.07 Å². The zero-order chi connectivity index (χ0) is 12.5. The molecule has 1 N–H and O–H groups in total. The van der Waals surface area contributed by atoms with E-state index in [0.717, 1.165) is 24.2 Å². The highest BCUT2D eigenvalue weighted by atomic mass is 16.1. The Morgan fingerprint density at radius 3 is 3.06 bits per heavy atom. The standard InChI is InChI=1S/C13H14N4O/c1-17-7-5-10-9(8-17)13(18)16-12(15-10)11-4-2-3-6-14-11/h2-4,6H,5,7-8H2,1H3,(H,15,16,18). The smallest absolute Gasteiger partial charge is 0.255 e. The number of nitrogens with one attached hydrogen (secondary N) is 1. The van der Waals surface area contributed by atoms with Crippen LogP contribution in [0.5, 0.6) is 0 Å². The molecule has 0 saturated heterocycles. The van der Waals surface area contributed by atoms with Crippen LogP contribution in [0.1, 0.15) is 11.3 Å². The van der Waals surface area contributed by atoms with E-state index in [2.05, 4.69) is 19.9 Å². The number of hydrogen-bond donors (Lipinski definition) is 1. The molecule has 92 valence electrons. The van der Waals surface area contributed by atoms with Gasteiger partial charge in [-0.25, -0.2) is 4.98 Å². The first-order valence-corrected chi connectivity index (χ1v) is 5.96. The van der Waals surface area contributed by atoms with Gasteiger partial charge in [-0.2, -0.15) is 0 Å². The quantitative estimate of drug-likeness (QED) is 0.804. The summed E-state index contributed by atoms with van der Waals surface area (Å²) in [6.07, 6.45) is 2.51. The largest absolute Gasteiger partial charge is 0.305 e. The third kappa shape index (κ3) is 1.93. The minimum absolute atomic E-state index is 0.0489. The third-order valence-electron chi connectivity index (χ3n) is 3.17. The van der Waals surface area contributed by atoms with E-state index < -0.39 is 0 Å². The monoisotopic (exact) mass is 242 g/mol. The first-order chi connectivity index (χ1) is 8.74. The van der Waals surface area contributed by atoms with E-state index in [1.165, 1.54) is 0 Å². The molecule has 0 radical (unpaired) electrons. The summed E-state index contributed by atoms with van der Waals surface area (Å²) < 4.78 is 0. The molecule has 1 aliphatic heterocycles. The van der Waals surface area contributed by atoms with Crippen molar-refractivity contribution in [2.45, 2.75) is 13.0 Å². The molecule has 2 aromatic heterocycles. The topological polar surface area (TPSA) is 61.9 Å². The van der Waals surface area contributed by atoms with Gasteiger partial charge in [-0.3, -0.25) is 9.78 Å². The predicted octanol–water partition coefficient (Wildman–Crippen LogP) is 0.820. The number of likely N-dealkylation sites (N-methyl/N-ethyl adjacent to an activating group) is 1. The number of pyridine rings is 1. The van der Waals surface area contributed by atoms with Crippen LogP contribution in [-0.4, -0.2) is 33.4 Å². The van der Waals surface area contributed by atoms with Crippen LogP contribution in [0, 0.1) is 0 Å². The fourth-order valence-corrected chi connectivity index (χ4v) is 2.18. The van der Waals surface area contributed by atoms with Crippen molar-refractivity contribution in [1.29, 1.82) is 0 Å². The SMILES string of the molecule is CN1CCc2nc(-c3ccccn3)[nH]c(=O)c2C1. The van der Waals surface area contributed by atoms with E-state index in [4.69, 9.17) is 0 Å². The molecule has 0 amide bonds. The van der Waals surface area contributed by atoms with Crippen molar-refractivity contribution in [3.8, 4) is 11.5 Å². The first-order valence-electron chi connectivity index (χ1n) is 5.96. The van der Waals surface area contributed by atoms with Gasteiger partial charge in [-0.15, -0.1) is 0 Å². The molecule has 0 aromatic carbocycles. The van der Waals surface area contributed by atoms with Crippen LogP contribution in [0.25, 0.3) is 11.5 Å². The summed E-state index contributed by atoms with van der Waals surface area (Å²) in [6.45, 7) is 1.60. The van der Waals surface area contributed by atoms with Crippen LogP contribution in [0.3, 0.4) is 0 Å². The van der Waals surface area contributed by atoms with Gasteiger partial charge in [0.15, 0.2) is 5.82 Å². The van der Waals surface area contributed by atoms with Crippen LogP contribution in [0.2, 0.25) is 0 Å². The van der Waals surface area contributed by atoms with Crippen LogP contribution < -0.4 is 5.56 Å². The van der Waals surface area contributed by atoms with E-state index in [1.54, 1.807) is 6.20 Å². The Labute approximate surface area is 105 Å². The first kappa shape index (κ1) is 11.1.